The smallest absolute Gasteiger partial charge is 0.246 e. The van der Waals surface area contributed by atoms with Crippen LogP contribution < -0.4 is 37.6 Å². The van der Waals surface area contributed by atoms with E-state index >= 15 is 0 Å². The lowest BCUT2D eigenvalue weighted by atomic mass is 10.5. The fraction of sp³-hybridized carbons (Fsp3) is 0.873. The number of nitrogens with two attached hydrogens (primary N) is 1. The maximum atomic E-state index is 11.9. The summed E-state index contributed by atoms with van der Waals surface area (Å²) in [7, 11) is 5.19. The van der Waals surface area contributed by atoms with Crippen LogP contribution in [0.5, 0.6) is 0 Å². The summed E-state index contributed by atoms with van der Waals surface area (Å²) >= 11 is 0. The zero-order valence-corrected chi connectivity index (χ0v) is 52.9. The Morgan fingerprint density at radius 2 is 0.544 bits per heavy atom. The Hall–Kier alpha value is -3.88. The molecule has 0 fully saturated rings. The van der Waals surface area contributed by atoms with E-state index in [0.717, 1.165) is 0 Å². The highest BCUT2D eigenvalue weighted by atomic mass is 16.5. The highest BCUT2D eigenvalue weighted by Gasteiger charge is 2.05. The molecule has 0 radical (unpaired) electrons. The van der Waals surface area contributed by atoms with E-state index in [0.29, 0.717) is 26.2 Å². The molecule has 0 bridgehead atoms. The van der Waals surface area contributed by atoms with Gasteiger partial charge in [-0.1, -0.05) is 129 Å². The molecule has 0 rings (SSSR count). The molecule has 0 aromatic carbocycles. The molecule has 0 aliphatic carbocycles. The van der Waals surface area contributed by atoms with Gasteiger partial charge in [-0.2, -0.15) is 0 Å². The van der Waals surface area contributed by atoms with Crippen LogP contribution in [0.15, 0.2) is 5.70 Å². The van der Waals surface area contributed by atoms with Crippen LogP contribution in [0.3, 0.4) is 0 Å². The zero-order chi connectivity index (χ0) is 62.1. The lowest BCUT2D eigenvalue weighted by molar-refractivity contribution is -0.127. The van der Waals surface area contributed by atoms with E-state index in [9.17, 15) is 28.8 Å². The first-order valence-electron chi connectivity index (χ1n) is 28.4. The Bertz CT molecular complexity index is 1200. The molecule has 24 heteroatoms. The van der Waals surface area contributed by atoms with Crippen LogP contribution in [-0.4, -0.2) is 228 Å². The van der Waals surface area contributed by atoms with E-state index in [-0.39, 0.29) is 175 Å². The predicted octanol–water partition coefficient (Wildman–Crippen LogP) is 4.02. The quantitative estimate of drug-likeness (QED) is 0.0335. The summed E-state index contributed by atoms with van der Waals surface area (Å²) in [6.07, 6.45) is 6.25. The maximum absolute atomic E-state index is 11.9. The van der Waals surface area contributed by atoms with Gasteiger partial charge in [-0.05, 0) is 14.1 Å². The first-order valence-corrected chi connectivity index (χ1v) is 28.4. The second kappa shape index (κ2) is 99.5. The molecule has 0 atom stereocenters. The Labute approximate surface area is 480 Å². The summed E-state index contributed by atoms with van der Waals surface area (Å²) in [4.78, 5) is 68.2. The molecular weight excluding hydrogens is 1030 g/mol. The van der Waals surface area contributed by atoms with Gasteiger partial charge in [0.25, 0.3) is 0 Å². The number of carbonyl (C=O) groups excluding carboxylic acids is 6. The summed E-state index contributed by atoms with van der Waals surface area (Å²) in [6, 6.07) is 0. The number of primary amides is 1. The van der Waals surface area contributed by atoms with Gasteiger partial charge < -0.3 is 89.7 Å². The number of rotatable bonds is 43. The summed E-state index contributed by atoms with van der Waals surface area (Å²) in [5.74, 6) is 0.0949. The van der Waals surface area contributed by atoms with Crippen molar-refractivity contribution in [1.29, 1.82) is 0 Å². The number of carbonyl (C=O) groups is 5. The van der Waals surface area contributed by atoms with Crippen LogP contribution in [0, 0.1) is 0 Å². The van der Waals surface area contributed by atoms with Crippen LogP contribution in [-0.2, 0) is 80.9 Å². The van der Waals surface area contributed by atoms with Gasteiger partial charge in [0, 0.05) is 39.8 Å². The Kier molecular flexibility index (Phi) is 119. The molecule has 0 spiro atoms. The second-order valence-corrected chi connectivity index (χ2v) is 15.2. The predicted molar refractivity (Wildman–Crippen MR) is 316 cm³/mol. The normalized spacial score (nSPS) is 9.28. The number of amides is 5. The van der Waals surface area contributed by atoms with Crippen molar-refractivity contribution in [2.24, 2.45) is 5.73 Å². The van der Waals surface area contributed by atoms with Crippen molar-refractivity contribution >= 4 is 35.5 Å². The van der Waals surface area contributed by atoms with Gasteiger partial charge in [-0.15, -0.1) is 0 Å². The van der Waals surface area contributed by atoms with Gasteiger partial charge in [0.15, 0.2) is 0 Å². The Morgan fingerprint density at radius 3 is 0.772 bits per heavy atom. The minimum Gasteiger partial charge on any atom is -0.377 e. The van der Waals surface area contributed by atoms with Crippen LogP contribution in [0.4, 0.5) is 0 Å². The van der Waals surface area contributed by atoms with E-state index in [2.05, 4.69) is 101 Å². The minimum atomic E-state index is -0.553. The number of nitrogens with one attached hydrogen (secondary N) is 6. The molecule has 5 amide bonds. The summed E-state index contributed by atoms with van der Waals surface area (Å²) in [5, 5.41) is 16.2. The van der Waals surface area contributed by atoms with Crippen molar-refractivity contribution < 1.29 is 80.9 Å². The van der Waals surface area contributed by atoms with E-state index in [1.54, 1.807) is 5.94 Å². The maximum Gasteiger partial charge on any atom is 0.246 e. The van der Waals surface area contributed by atoms with Gasteiger partial charge in [-0.3, -0.25) is 24.0 Å². The standard InChI is InChI=1S/C34H62N6O17.5C3H8.C2H7N.2C2H6/c1-47-25-31(43)37-3-8-51-15-20-56-28-34(46)40-6-11-52-16-21-57-27-33(45)38-4-9-49-12-17-53-23-29(22-41)36-2-7-48-14-19-55-26-32(44)39-5-10-50-13-18-54-24-30(35)42;6*1-3-2;2*1-2/h36H,2-21,23-28H2,1H3,(H2,35,42)(H,37,43)(H,38,45)(H,39,44)(H,40,46);5*3H2,1-2H3;3H,1-2H3;2*1-2H3. The van der Waals surface area contributed by atoms with Gasteiger partial charge >= 0.3 is 0 Å². The molecule has 0 aromatic heterocycles. The third kappa shape index (κ3) is 122. The SMILES string of the molecule is CC.CC.CCC.CCC.CCC.CCC.CCC.CNC.COCC(=O)NCCOCCOCC(=O)NCCOCCOCC(=O)NCCOCCOCC(=C=O)NCCOCCOCC(=O)NCCOCCOCC(N)=O. The topological polar surface area (TPSA) is 302 Å². The minimum absolute atomic E-state index is 0.00422. The molecule has 0 heterocycles. The third-order valence-electron chi connectivity index (χ3n) is 6.31. The van der Waals surface area contributed by atoms with E-state index in [1.807, 2.05) is 41.8 Å². The summed E-state index contributed by atoms with van der Waals surface area (Å²) in [6.45, 7) is 34.1. The lowest BCUT2D eigenvalue weighted by Crippen LogP contribution is -2.32. The molecule has 0 aliphatic heterocycles. The molecule has 478 valence electrons. The lowest BCUT2D eigenvalue weighted by Gasteiger charge is -2.10. The second-order valence-electron chi connectivity index (χ2n) is 15.2. The molecule has 24 nitrogen and oxygen atoms in total. The van der Waals surface area contributed by atoms with Gasteiger partial charge in [0.2, 0.25) is 29.5 Å². The number of methoxy groups -OCH3 is 1. The van der Waals surface area contributed by atoms with Crippen molar-refractivity contribution in [2.45, 2.75) is 129 Å². The van der Waals surface area contributed by atoms with Gasteiger partial charge in [-0.25, -0.2) is 4.79 Å². The largest absolute Gasteiger partial charge is 0.377 e. The molecule has 0 unspecified atom stereocenters. The van der Waals surface area contributed by atoms with Crippen molar-refractivity contribution in [1.82, 2.24) is 31.9 Å². The first-order chi connectivity index (χ1) is 38.3. The van der Waals surface area contributed by atoms with Crippen LogP contribution >= 0.6 is 0 Å². The van der Waals surface area contributed by atoms with E-state index in [4.69, 9.17) is 57.8 Å². The Morgan fingerprint density at radius 1 is 0.342 bits per heavy atom. The van der Waals surface area contributed by atoms with Gasteiger partial charge in [0.1, 0.15) is 44.7 Å². The molecule has 0 aliphatic rings. The highest BCUT2D eigenvalue weighted by molar-refractivity contribution is 5.78. The fourth-order valence-electron chi connectivity index (χ4n) is 3.72. The monoisotopic (exact) mass is 1150 g/mol. The number of hydrogen-bond donors (Lipinski definition) is 7. The number of ether oxygens (including phenoxy) is 11. The first kappa shape index (κ1) is 94.4. The average Bonchev–Trinajstić information content (AvgIpc) is 3.42. The Balaban J connectivity index is -0.000000273. The zero-order valence-electron chi connectivity index (χ0n) is 52.9. The van der Waals surface area contributed by atoms with Gasteiger partial charge in [0.05, 0.1) is 106 Å². The number of hydrogen-bond acceptors (Lipinski definition) is 19. The fourth-order valence-corrected chi connectivity index (χ4v) is 3.72. The van der Waals surface area contributed by atoms with Crippen molar-refractivity contribution in [3.63, 3.8) is 0 Å². The third-order valence-corrected chi connectivity index (χ3v) is 6.31. The van der Waals surface area contributed by atoms with Crippen LogP contribution in [0.2, 0.25) is 0 Å². The molecule has 0 saturated heterocycles. The van der Waals surface area contributed by atoms with Crippen LogP contribution in [0.25, 0.3) is 0 Å². The molecule has 79 heavy (non-hydrogen) atoms. The van der Waals surface area contributed by atoms with E-state index in [1.165, 1.54) is 39.2 Å². The van der Waals surface area contributed by atoms with Crippen LogP contribution in [0.1, 0.15) is 129 Å². The average molecular weight is 1150 g/mol. The summed E-state index contributed by atoms with van der Waals surface area (Å²) in [5.41, 5.74) is 5.16. The molecular formula is C55H121N7O17. The summed E-state index contributed by atoms with van der Waals surface area (Å²) < 4.78 is 57.4. The van der Waals surface area contributed by atoms with E-state index < -0.39 is 5.91 Å². The van der Waals surface area contributed by atoms with Crippen molar-refractivity contribution in [3.05, 3.63) is 5.70 Å². The van der Waals surface area contributed by atoms with Crippen molar-refractivity contribution in [2.75, 3.05) is 193 Å². The molecule has 8 N–H and O–H groups in total. The molecule has 0 saturated carbocycles. The van der Waals surface area contributed by atoms with Crippen molar-refractivity contribution in [3.8, 4) is 0 Å². The molecule has 0 aromatic rings. The highest BCUT2D eigenvalue weighted by Crippen LogP contribution is 1.88.